The Hall–Kier alpha value is -0.970. The second kappa shape index (κ2) is 6.50. The molecule has 0 heterocycles. The molecule has 0 bridgehead atoms. The lowest BCUT2D eigenvalue weighted by atomic mass is 10.1. The highest BCUT2D eigenvalue weighted by Crippen LogP contribution is 2.12. The number of rotatable bonds is 6. The van der Waals surface area contributed by atoms with Crippen molar-refractivity contribution < 1.29 is 9.50 Å². The highest BCUT2D eigenvalue weighted by molar-refractivity contribution is 5.20. The van der Waals surface area contributed by atoms with Crippen LogP contribution in [0.25, 0.3) is 0 Å². The van der Waals surface area contributed by atoms with E-state index in [2.05, 4.69) is 5.32 Å². The molecule has 15 heavy (non-hydrogen) atoms. The molecule has 1 rings (SSSR count). The first-order valence-electron chi connectivity index (χ1n) is 5.07. The molecule has 0 aliphatic rings. The van der Waals surface area contributed by atoms with E-state index < -0.39 is 0 Å². The largest absolute Gasteiger partial charge is 0.396 e. The quantitative estimate of drug-likeness (QED) is 0.611. The lowest BCUT2D eigenvalue weighted by molar-refractivity contribution is 0.283. The Morgan fingerprint density at radius 3 is 2.87 bits per heavy atom. The summed E-state index contributed by atoms with van der Waals surface area (Å²) in [4.78, 5) is 0. The van der Waals surface area contributed by atoms with Crippen LogP contribution >= 0.6 is 0 Å². The predicted octanol–water partition coefficient (Wildman–Crippen LogP) is 0.797. The molecule has 0 aromatic heterocycles. The molecule has 84 valence electrons. The van der Waals surface area contributed by atoms with Crippen LogP contribution in [0.5, 0.6) is 0 Å². The van der Waals surface area contributed by atoms with Crippen molar-refractivity contribution in [3.05, 3.63) is 35.6 Å². The lowest BCUT2D eigenvalue weighted by Crippen LogP contribution is -2.29. The summed E-state index contributed by atoms with van der Waals surface area (Å²) in [6.45, 7) is 1.23. The second-order valence-corrected chi connectivity index (χ2v) is 3.37. The van der Waals surface area contributed by atoms with Crippen LogP contribution in [0.2, 0.25) is 0 Å². The normalized spacial score (nSPS) is 12.7. The van der Waals surface area contributed by atoms with E-state index in [0.717, 1.165) is 5.56 Å². The average molecular weight is 212 g/mol. The van der Waals surface area contributed by atoms with Gasteiger partial charge in [-0.25, -0.2) is 4.39 Å². The van der Waals surface area contributed by atoms with Crippen molar-refractivity contribution in [2.45, 2.75) is 12.5 Å². The molecular weight excluding hydrogens is 195 g/mol. The van der Waals surface area contributed by atoms with Crippen molar-refractivity contribution in [3.63, 3.8) is 0 Å². The average Bonchev–Trinajstić information content (AvgIpc) is 2.24. The molecule has 0 saturated heterocycles. The highest BCUT2D eigenvalue weighted by Gasteiger charge is 2.08. The van der Waals surface area contributed by atoms with Crippen LogP contribution < -0.4 is 11.1 Å². The van der Waals surface area contributed by atoms with E-state index in [0.29, 0.717) is 19.5 Å². The molecular formula is C11H17FN2O. The Morgan fingerprint density at radius 2 is 2.27 bits per heavy atom. The van der Waals surface area contributed by atoms with Gasteiger partial charge in [0.15, 0.2) is 0 Å². The van der Waals surface area contributed by atoms with Crippen molar-refractivity contribution in [1.82, 2.24) is 5.32 Å². The summed E-state index contributed by atoms with van der Waals surface area (Å²) in [6.07, 6.45) is 0.672. The summed E-state index contributed by atoms with van der Waals surface area (Å²) in [5, 5.41) is 11.8. The number of halogens is 1. The Morgan fingerprint density at radius 1 is 1.47 bits per heavy atom. The van der Waals surface area contributed by atoms with Crippen LogP contribution in [0.15, 0.2) is 24.3 Å². The SMILES string of the molecule is NCC(NCCCO)c1cccc(F)c1. The third-order valence-corrected chi connectivity index (χ3v) is 2.21. The van der Waals surface area contributed by atoms with Crippen molar-refractivity contribution in [3.8, 4) is 0 Å². The van der Waals surface area contributed by atoms with Crippen LogP contribution in [0.1, 0.15) is 18.0 Å². The van der Waals surface area contributed by atoms with Gasteiger partial charge in [0.25, 0.3) is 0 Å². The number of nitrogens with one attached hydrogen (secondary N) is 1. The molecule has 0 fully saturated rings. The zero-order valence-corrected chi connectivity index (χ0v) is 8.62. The molecule has 1 aromatic rings. The number of benzene rings is 1. The minimum Gasteiger partial charge on any atom is -0.396 e. The summed E-state index contributed by atoms with van der Waals surface area (Å²) >= 11 is 0. The minimum absolute atomic E-state index is 0.0488. The van der Waals surface area contributed by atoms with Gasteiger partial charge in [-0.15, -0.1) is 0 Å². The molecule has 0 spiro atoms. The van der Waals surface area contributed by atoms with Crippen LogP contribution in [-0.2, 0) is 0 Å². The zero-order valence-electron chi connectivity index (χ0n) is 8.62. The van der Waals surface area contributed by atoms with Gasteiger partial charge in [-0.3, -0.25) is 0 Å². The van der Waals surface area contributed by atoms with Crippen molar-refractivity contribution in [1.29, 1.82) is 0 Å². The summed E-state index contributed by atoms with van der Waals surface area (Å²) < 4.78 is 12.9. The van der Waals surface area contributed by atoms with E-state index in [1.165, 1.54) is 12.1 Å². The maximum atomic E-state index is 12.9. The number of nitrogens with two attached hydrogens (primary N) is 1. The van der Waals surface area contributed by atoms with Gasteiger partial charge in [-0.2, -0.15) is 0 Å². The van der Waals surface area contributed by atoms with Gasteiger partial charge in [0.05, 0.1) is 0 Å². The molecule has 0 amide bonds. The van der Waals surface area contributed by atoms with E-state index in [1.807, 2.05) is 6.07 Å². The topological polar surface area (TPSA) is 58.3 Å². The molecule has 1 atom stereocenters. The van der Waals surface area contributed by atoms with Crippen molar-refractivity contribution >= 4 is 0 Å². The van der Waals surface area contributed by atoms with E-state index in [9.17, 15) is 4.39 Å². The Kier molecular flexibility index (Phi) is 5.25. The lowest BCUT2D eigenvalue weighted by Gasteiger charge is -2.16. The highest BCUT2D eigenvalue weighted by atomic mass is 19.1. The van der Waals surface area contributed by atoms with Gasteiger partial charge < -0.3 is 16.2 Å². The standard InChI is InChI=1S/C11H17FN2O/c12-10-4-1-3-9(7-10)11(8-13)14-5-2-6-15/h1,3-4,7,11,14-15H,2,5-6,8,13H2. The molecule has 0 saturated carbocycles. The Balaban J connectivity index is 2.57. The van der Waals surface area contributed by atoms with Crippen LogP contribution in [0.3, 0.4) is 0 Å². The summed E-state index contributed by atoms with van der Waals surface area (Å²) in [6, 6.07) is 6.34. The number of hydrogen-bond donors (Lipinski definition) is 3. The predicted molar refractivity (Wildman–Crippen MR) is 57.9 cm³/mol. The maximum Gasteiger partial charge on any atom is 0.123 e. The van der Waals surface area contributed by atoms with E-state index in [4.69, 9.17) is 10.8 Å². The minimum atomic E-state index is -0.255. The van der Waals surface area contributed by atoms with Gasteiger partial charge >= 0.3 is 0 Å². The third-order valence-electron chi connectivity index (χ3n) is 2.21. The monoisotopic (exact) mass is 212 g/mol. The van der Waals surface area contributed by atoms with E-state index in [-0.39, 0.29) is 18.5 Å². The number of hydrogen-bond acceptors (Lipinski definition) is 3. The van der Waals surface area contributed by atoms with E-state index >= 15 is 0 Å². The molecule has 3 nitrogen and oxygen atoms in total. The fourth-order valence-corrected chi connectivity index (χ4v) is 1.42. The maximum absolute atomic E-state index is 12.9. The molecule has 0 radical (unpaired) electrons. The number of aliphatic hydroxyl groups is 1. The van der Waals surface area contributed by atoms with Crippen LogP contribution in [0, 0.1) is 5.82 Å². The van der Waals surface area contributed by atoms with Crippen LogP contribution in [-0.4, -0.2) is 24.8 Å². The first-order chi connectivity index (χ1) is 7.27. The van der Waals surface area contributed by atoms with Gasteiger partial charge in [0.2, 0.25) is 0 Å². The van der Waals surface area contributed by atoms with Gasteiger partial charge in [0, 0.05) is 19.2 Å². The van der Waals surface area contributed by atoms with E-state index in [1.54, 1.807) is 6.07 Å². The first-order valence-corrected chi connectivity index (χ1v) is 5.07. The Bertz CT molecular complexity index is 294. The molecule has 1 unspecified atom stereocenters. The summed E-state index contributed by atoms with van der Waals surface area (Å²) in [7, 11) is 0. The third kappa shape index (κ3) is 3.95. The fraction of sp³-hybridized carbons (Fsp3) is 0.455. The first kappa shape index (κ1) is 12.1. The zero-order chi connectivity index (χ0) is 11.1. The molecule has 0 aliphatic carbocycles. The van der Waals surface area contributed by atoms with Crippen LogP contribution in [0.4, 0.5) is 4.39 Å². The van der Waals surface area contributed by atoms with Gasteiger partial charge in [0.1, 0.15) is 5.82 Å². The van der Waals surface area contributed by atoms with Gasteiger partial charge in [-0.1, -0.05) is 12.1 Å². The molecule has 4 heteroatoms. The number of aliphatic hydroxyl groups excluding tert-OH is 1. The van der Waals surface area contributed by atoms with Gasteiger partial charge in [-0.05, 0) is 30.7 Å². The molecule has 1 aromatic carbocycles. The second-order valence-electron chi connectivity index (χ2n) is 3.37. The van der Waals surface area contributed by atoms with Crippen molar-refractivity contribution in [2.75, 3.05) is 19.7 Å². The summed E-state index contributed by atoms with van der Waals surface area (Å²) in [5.41, 5.74) is 6.43. The van der Waals surface area contributed by atoms with Crippen molar-refractivity contribution in [2.24, 2.45) is 5.73 Å². The molecule has 4 N–H and O–H groups in total. The Labute approximate surface area is 89.1 Å². The smallest absolute Gasteiger partial charge is 0.123 e. The fourth-order valence-electron chi connectivity index (χ4n) is 1.42. The molecule has 0 aliphatic heterocycles. The summed E-state index contributed by atoms with van der Waals surface area (Å²) in [5.74, 6) is -0.255.